The number of rotatable bonds is 5. The standard InChI is InChI=1S/C24H23N5O3.C2HF3O2/c30-22(11-5-10-21-25-18-7-2-1-6-17(18)23(31)27-21)28-14-12-16(13-15-28)29-20-9-4-3-8-19(20)26-24(29)32;3-2(4,5)1(6)7/h1-4,6-9,12H,5,10-11,13-15H2,(H,26,32)(H,25,27,31);(H,6,7). The van der Waals surface area contributed by atoms with Gasteiger partial charge in [0, 0.05) is 38.0 Å². The molecule has 13 heteroatoms. The summed E-state index contributed by atoms with van der Waals surface area (Å²) in [4.78, 5) is 58.1. The van der Waals surface area contributed by atoms with Crippen molar-refractivity contribution in [1.82, 2.24) is 24.4 Å². The molecule has 0 fully saturated rings. The zero-order chi connectivity index (χ0) is 28.2. The van der Waals surface area contributed by atoms with Crippen molar-refractivity contribution in [1.29, 1.82) is 0 Å². The normalized spacial score (nSPS) is 13.6. The number of benzene rings is 2. The van der Waals surface area contributed by atoms with E-state index in [9.17, 15) is 27.6 Å². The predicted octanol–water partition coefficient (Wildman–Crippen LogP) is 3.30. The number of carboxylic acids is 1. The number of hydrogen-bond acceptors (Lipinski definition) is 5. The summed E-state index contributed by atoms with van der Waals surface area (Å²) in [5, 5.41) is 7.69. The third kappa shape index (κ3) is 6.43. The topological polar surface area (TPSA) is 141 Å². The minimum Gasteiger partial charge on any atom is -0.475 e. The van der Waals surface area contributed by atoms with Crippen molar-refractivity contribution >= 4 is 39.5 Å². The average molecular weight is 544 g/mol. The summed E-state index contributed by atoms with van der Waals surface area (Å²) in [5.41, 5.74) is 2.91. The second-order valence-electron chi connectivity index (χ2n) is 8.75. The number of nitrogens with one attached hydrogen (secondary N) is 2. The van der Waals surface area contributed by atoms with Crippen LogP contribution in [0.3, 0.4) is 0 Å². The smallest absolute Gasteiger partial charge is 0.475 e. The van der Waals surface area contributed by atoms with Crippen molar-refractivity contribution in [2.75, 3.05) is 13.1 Å². The molecule has 4 aromatic rings. The van der Waals surface area contributed by atoms with E-state index in [1.807, 2.05) is 48.5 Å². The second-order valence-corrected chi connectivity index (χ2v) is 8.75. The number of carboxylic acid groups (broad SMARTS) is 1. The summed E-state index contributed by atoms with van der Waals surface area (Å²) in [6, 6.07) is 14.8. The maximum Gasteiger partial charge on any atom is 0.490 e. The SMILES string of the molecule is O=C(CCCc1nc2ccccc2c(=O)[nH]1)N1CC=C(n2c(=O)[nH]c3ccccc32)CC1.O=C(O)C(F)(F)F. The third-order valence-electron chi connectivity index (χ3n) is 6.12. The van der Waals surface area contributed by atoms with Gasteiger partial charge in [0.15, 0.2) is 0 Å². The highest BCUT2D eigenvalue weighted by Crippen LogP contribution is 2.20. The number of amides is 1. The number of hydrogen-bond donors (Lipinski definition) is 3. The van der Waals surface area contributed by atoms with E-state index in [4.69, 9.17) is 9.90 Å². The quantitative estimate of drug-likeness (QED) is 0.353. The van der Waals surface area contributed by atoms with Gasteiger partial charge < -0.3 is 20.0 Å². The number of nitrogens with zero attached hydrogens (tertiary/aromatic N) is 3. The Labute approximate surface area is 218 Å². The molecular formula is C26H24F3N5O5. The highest BCUT2D eigenvalue weighted by atomic mass is 19.4. The van der Waals surface area contributed by atoms with Gasteiger partial charge in [-0.05, 0) is 36.8 Å². The Balaban J connectivity index is 0.000000448. The van der Waals surface area contributed by atoms with Crippen molar-refractivity contribution in [3.8, 4) is 0 Å². The van der Waals surface area contributed by atoms with Crippen LogP contribution in [0.1, 0.15) is 25.1 Å². The van der Waals surface area contributed by atoms with Crippen LogP contribution in [0.4, 0.5) is 13.2 Å². The van der Waals surface area contributed by atoms with E-state index in [1.165, 1.54) is 0 Å². The van der Waals surface area contributed by atoms with Crippen LogP contribution >= 0.6 is 0 Å². The first-order chi connectivity index (χ1) is 18.5. The lowest BCUT2D eigenvalue weighted by molar-refractivity contribution is -0.192. The van der Waals surface area contributed by atoms with E-state index in [2.05, 4.69) is 15.0 Å². The number of fused-ring (bicyclic) bond motifs is 2. The summed E-state index contributed by atoms with van der Waals surface area (Å²) in [7, 11) is 0. The molecular weight excluding hydrogens is 519 g/mol. The Morgan fingerprint density at radius 3 is 2.41 bits per heavy atom. The fraction of sp³-hybridized carbons (Fsp3) is 0.269. The molecule has 39 heavy (non-hydrogen) atoms. The molecule has 0 saturated carbocycles. The van der Waals surface area contributed by atoms with Crippen LogP contribution in [-0.4, -0.2) is 60.7 Å². The summed E-state index contributed by atoms with van der Waals surface area (Å²) >= 11 is 0. The van der Waals surface area contributed by atoms with Crippen molar-refractivity contribution in [3.63, 3.8) is 0 Å². The Morgan fingerprint density at radius 1 is 1.03 bits per heavy atom. The molecule has 2 aromatic carbocycles. The Morgan fingerprint density at radius 2 is 1.72 bits per heavy atom. The van der Waals surface area contributed by atoms with Gasteiger partial charge in [0.25, 0.3) is 5.56 Å². The molecule has 0 atom stereocenters. The van der Waals surface area contributed by atoms with E-state index < -0.39 is 12.1 Å². The lowest BCUT2D eigenvalue weighted by Crippen LogP contribution is -2.36. The zero-order valence-corrected chi connectivity index (χ0v) is 20.5. The maximum absolute atomic E-state index is 12.7. The second kappa shape index (κ2) is 11.4. The maximum atomic E-state index is 12.7. The highest BCUT2D eigenvalue weighted by Gasteiger charge is 2.38. The van der Waals surface area contributed by atoms with Crippen LogP contribution in [0.5, 0.6) is 0 Å². The molecule has 10 nitrogen and oxygen atoms in total. The molecule has 1 aliphatic heterocycles. The lowest BCUT2D eigenvalue weighted by atomic mass is 10.1. The van der Waals surface area contributed by atoms with Gasteiger partial charge in [0.1, 0.15) is 5.82 Å². The minimum absolute atomic E-state index is 0.0645. The van der Waals surface area contributed by atoms with Gasteiger partial charge in [-0.1, -0.05) is 24.3 Å². The number of halogens is 3. The molecule has 0 saturated heterocycles. The first-order valence-electron chi connectivity index (χ1n) is 12.0. The number of aryl methyl sites for hydroxylation is 1. The number of aliphatic carboxylic acids is 1. The van der Waals surface area contributed by atoms with E-state index in [0.29, 0.717) is 55.5 Å². The zero-order valence-electron chi connectivity index (χ0n) is 20.5. The number of H-pyrrole nitrogens is 2. The number of para-hydroxylation sites is 3. The Bertz CT molecular complexity index is 1670. The van der Waals surface area contributed by atoms with Gasteiger partial charge in [-0.25, -0.2) is 14.6 Å². The van der Waals surface area contributed by atoms with E-state index in [1.54, 1.807) is 15.5 Å². The fourth-order valence-corrected chi connectivity index (χ4v) is 4.25. The van der Waals surface area contributed by atoms with E-state index in [0.717, 1.165) is 16.7 Å². The minimum atomic E-state index is -5.08. The third-order valence-corrected chi connectivity index (χ3v) is 6.12. The lowest BCUT2D eigenvalue weighted by Gasteiger charge is -2.27. The first-order valence-corrected chi connectivity index (χ1v) is 12.0. The van der Waals surface area contributed by atoms with Gasteiger partial charge in [0.05, 0.1) is 21.9 Å². The van der Waals surface area contributed by atoms with Gasteiger partial charge in [-0.15, -0.1) is 0 Å². The molecule has 0 bridgehead atoms. The first kappa shape index (κ1) is 27.4. The largest absolute Gasteiger partial charge is 0.490 e. The Hall–Kier alpha value is -4.68. The van der Waals surface area contributed by atoms with Gasteiger partial charge in [0.2, 0.25) is 5.91 Å². The van der Waals surface area contributed by atoms with Gasteiger partial charge in [-0.3, -0.25) is 14.2 Å². The summed E-state index contributed by atoms with van der Waals surface area (Å²) in [6.07, 6.45) is -0.994. The summed E-state index contributed by atoms with van der Waals surface area (Å²) in [6.45, 7) is 1.05. The summed E-state index contributed by atoms with van der Waals surface area (Å²) in [5.74, 6) is -2.09. The van der Waals surface area contributed by atoms with E-state index in [-0.39, 0.29) is 17.2 Å². The van der Waals surface area contributed by atoms with Crippen molar-refractivity contribution in [2.45, 2.75) is 31.9 Å². The van der Waals surface area contributed by atoms with Gasteiger partial charge in [-0.2, -0.15) is 13.2 Å². The number of alkyl halides is 3. The number of aromatic nitrogens is 4. The molecule has 2 aromatic heterocycles. The average Bonchev–Trinajstić information content (AvgIpc) is 3.24. The number of imidazole rings is 1. The molecule has 0 unspecified atom stereocenters. The van der Waals surface area contributed by atoms with Crippen molar-refractivity contribution < 1.29 is 27.9 Å². The number of carbonyl (C=O) groups excluding carboxylic acids is 1. The van der Waals surface area contributed by atoms with Crippen LogP contribution in [0.2, 0.25) is 0 Å². The molecule has 0 spiro atoms. The predicted molar refractivity (Wildman–Crippen MR) is 137 cm³/mol. The Kier molecular flexibility index (Phi) is 7.98. The molecule has 5 rings (SSSR count). The van der Waals surface area contributed by atoms with E-state index >= 15 is 0 Å². The van der Waals surface area contributed by atoms with Crippen LogP contribution < -0.4 is 11.2 Å². The molecule has 0 radical (unpaired) electrons. The van der Waals surface area contributed by atoms with Crippen LogP contribution in [0, 0.1) is 0 Å². The van der Waals surface area contributed by atoms with Crippen molar-refractivity contribution in [3.05, 3.63) is 81.3 Å². The van der Waals surface area contributed by atoms with Crippen LogP contribution in [0.25, 0.3) is 27.6 Å². The van der Waals surface area contributed by atoms with Crippen LogP contribution in [-0.2, 0) is 16.0 Å². The summed E-state index contributed by atoms with van der Waals surface area (Å²) < 4.78 is 33.4. The number of aromatic amines is 2. The molecule has 0 aliphatic carbocycles. The molecule has 1 amide bonds. The monoisotopic (exact) mass is 543 g/mol. The highest BCUT2D eigenvalue weighted by molar-refractivity contribution is 5.80. The van der Waals surface area contributed by atoms with Crippen molar-refractivity contribution in [2.24, 2.45) is 0 Å². The number of carbonyl (C=O) groups is 2. The molecule has 204 valence electrons. The molecule has 3 heterocycles. The molecule has 1 aliphatic rings. The molecule has 3 N–H and O–H groups in total. The van der Waals surface area contributed by atoms with Gasteiger partial charge >= 0.3 is 17.8 Å². The fourth-order valence-electron chi connectivity index (χ4n) is 4.25. The van der Waals surface area contributed by atoms with Crippen LogP contribution in [0.15, 0.2) is 64.2 Å².